The van der Waals surface area contributed by atoms with Gasteiger partial charge >= 0.3 is 0 Å². The van der Waals surface area contributed by atoms with Crippen molar-refractivity contribution in [2.24, 2.45) is 5.41 Å². The first-order chi connectivity index (χ1) is 9.11. The molecule has 0 aliphatic heterocycles. The molecule has 1 aromatic rings. The molecular weight excluding hydrogens is 240 g/mol. The lowest BCUT2D eigenvalue weighted by atomic mass is 9.56. The number of carbonyl (C=O) groups is 1. The molecule has 0 spiro atoms. The minimum Gasteiger partial charge on any atom is -0.491 e. The Morgan fingerprint density at radius 1 is 1.26 bits per heavy atom. The van der Waals surface area contributed by atoms with Gasteiger partial charge in [-0.1, -0.05) is 26.0 Å². The molecule has 1 aliphatic carbocycles. The van der Waals surface area contributed by atoms with E-state index in [1.54, 1.807) is 7.11 Å². The van der Waals surface area contributed by atoms with Crippen LogP contribution in [0.25, 0.3) is 0 Å². The molecule has 1 saturated carbocycles. The lowest BCUT2D eigenvalue weighted by Gasteiger charge is -2.45. The van der Waals surface area contributed by atoms with Crippen LogP contribution in [-0.2, 0) is 9.53 Å². The van der Waals surface area contributed by atoms with Crippen LogP contribution >= 0.6 is 0 Å². The van der Waals surface area contributed by atoms with Gasteiger partial charge < -0.3 is 9.47 Å². The van der Waals surface area contributed by atoms with Crippen molar-refractivity contribution in [1.82, 2.24) is 0 Å². The number of hydrogen-bond donors (Lipinski definition) is 0. The zero-order valence-electron chi connectivity index (χ0n) is 11.9. The van der Waals surface area contributed by atoms with Crippen molar-refractivity contribution in [2.45, 2.75) is 32.6 Å². The molecule has 1 aliphatic rings. The summed E-state index contributed by atoms with van der Waals surface area (Å²) >= 11 is 0. The highest BCUT2D eigenvalue weighted by molar-refractivity contribution is 5.93. The third-order valence-electron chi connectivity index (χ3n) is 4.37. The summed E-state index contributed by atoms with van der Waals surface area (Å²) < 4.78 is 10.5. The van der Waals surface area contributed by atoms with E-state index < -0.39 is 0 Å². The summed E-state index contributed by atoms with van der Waals surface area (Å²) in [7, 11) is 1.66. The molecule has 2 rings (SSSR count). The number of carbonyl (C=O) groups excluding carboxylic acids is 1. The first-order valence-corrected chi connectivity index (χ1v) is 6.87. The van der Waals surface area contributed by atoms with Crippen LogP contribution in [0.15, 0.2) is 24.3 Å². The second kappa shape index (κ2) is 5.74. The molecule has 104 valence electrons. The fraction of sp³-hybridized carbons (Fsp3) is 0.562. The summed E-state index contributed by atoms with van der Waals surface area (Å²) in [6.07, 6.45) is 1.58. The van der Waals surface area contributed by atoms with E-state index in [1.165, 1.54) is 5.56 Å². The lowest BCUT2D eigenvalue weighted by molar-refractivity contribution is -0.139. The van der Waals surface area contributed by atoms with Gasteiger partial charge in [-0.15, -0.1) is 0 Å². The molecule has 0 radical (unpaired) electrons. The molecule has 1 fully saturated rings. The Bertz CT molecular complexity index is 438. The van der Waals surface area contributed by atoms with Crippen molar-refractivity contribution in [2.75, 3.05) is 20.3 Å². The molecule has 0 N–H and O–H groups in total. The van der Waals surface area contributed by atoms with Crippen LogP contribution in [0.4, 0.5) is 0 Å². The minimum absolute atomic E-state index is 0.168. The van der Waals surface area contributed by atoms with Gasteiger partial charge in [0, 0.05) is 24.9 Å². The standard InChI is InChI=1S/C16H22O3/c1-4-16(2)14(11-15(16)17)12-5-7-13(8-6-12)19-10-9-18-3/h5-8,14H,4,9-11H2,1-3H3. The van der Waals surface area contributed by atoms with Gasteiger partial charge in [0.15, 0.2) is 0 Å². The predicted octanol–water partition coefficient (Wildman–Crippen LogP) is 3.18. The minimum atomic E-state index is -0.168. The molecule has 0 heterocycles. The summed E-state index contributed by atoms with van der Waals surface area (Å²) in [5.74, 6) is 1.60. The Morgan fingerprint density at radius 3 is 2.47 bits per heavy atom. The van der Waals surface area contributed by atoms with E-state index >= 15 is 0 Å². The third kappa shape index (κ3) is 2.66. The van der Waals surface area contributed by atoms with Gasteiger partial charge in [-0.05, 0) is 24.1 Å². The second-order valence-electron chi connectivity index (χ2n) is 5.36. The average Bonchev–Trinajstić information content (AvgIpc) is 2.45. The van der Waals surface area contributed by atoms with Crippen molar-refractivity contribution in [3.05, 3.63) is 29.8 Å². The monoisotopic (exact) mass is 262 g/mol. The van der Waals surface area contributed by atoms with Crippen molar-refractivity contribution in [1.29, 1.82) is 0 Å². The summed E-state index contributed by atoms with van der Waals surface area (Å²) in [6.45, 7) is 5.32. The molecule has 0 amide bonds. The van der Waals surface area contributed by atoms with Gasteiger partial charge in [-0.2, -0.15) is 0 Å². The maximum atomic E-state index is 11.8. The summed E-state index contributed by atoms with van der Waals surface area (Å²) in [6, 6.07) is 8.11. The topological polar surface area (TPSA) is 35.5 Å². The number of rotatable bonds is 6. The number of methoxy groups -OCH3 is 1. The molecule has 0 saturated heterocycles. The molecule has 0 bridgehead atoms. The largest absolute Gasteiger partial charge is 0.491 e. The van der Waals surface area contributed by atoms with E-state index in [2.05, 4.69) is 26.0 Å². The number of Topliss-reactive ketones (excluding diaryl/α,β-unsaturated/α-hetero) is 1. The highest BCUT2D eigenvalue weighted by Gasteiger charge is 2.49. The van der Waals surface area contributed by atoms with Crippen LogP contribution in [0.2, 0.25) is 0 Å². The molecule has 2 atom stereocenters. The number of benzene rings is 1. The van der Waals surface area contributed by atoms with E-state index in [4.69, 9.17) is 9.47 Å². The van der Waals surface area contributed by atoms with Gasteiger partial charge in [-0.3, -0.25) is 4.79 Å². The fourth-order valence-corrected chi connectivity index (χ4v) is 2.68. The first-order valence-electron chi connectivity index (χ1n) is 6.87. The van der Waals surface area contributed by atoms with Crippen molar-refractivity contribution >= 4 is 5.78 Å². The molecular formula is C16H22O3. The predicted molar refractivity (Wildman–Crippen MR) is 74.6 cm³/mol. The number of ether oxygens (including phenoxy) is 2. The molecule has 19 heavy (non-hydrogen) atoms. The summed E-state index contributed by atoms with van der Waals surface area (Å²) in [4.78, 5) is 11.8. The first kappa shape index (κ1) is 14.1. The van der Waals surface area contributed by atoms with Gasteiger partial charge in [0.25, 0.3) is 0 Å². The Morgan fingerprint density at radius 2 is 1.95 bits per heavy atom. The number of hydrogen-bond acceptors (Lipinski definition) is 3. The van der Waals surface area contributed by atoms with E-state index in [1.807, 2.05) is 12.1 Å². The highest BCUT2D eigenvalue weighted by atomic mass is 16.5. The van der Waals surface area contributed by atoms with Crippen molar-refractivity contribution < 1.29 is 14.3 Å². The molecule has 2 unspecified atom stereocenters. The summed E-state index contributed by atoms with van der Waals surface area (Å²) in [5.41, 5.74) is 1.07. The normalized spacial score (nSPS) is 26.1. The van der Waals surface area contributed by atoms with Gasteiger partial charge in [0.2, 0.25) is 0 Å². The van der Waals surface area contributed by atoms with Crippen LogP contribution in [0.5, 0.6) is 5.75 Å². The lowest BCUT2D eigenvalue weighted by Crippen LogP contribution is -2.45. The fourth-order valence-electron chi connectivity index (χ4n) is 2.68. The Balaban J connectivity index is 2.01. The Hall–Kier alpha value is -1.35. The van der Waals surface area contributed by atoms with E-state index in [-0.39, 0.29) is 5.41 Å². The van der Waals surface area contributed by atoms with Crippen LogP contribution in [0, 0.1) is 5.41 Å². The Kier molecular flexibility index (Phi) is 4.25. The second-order valence-corrected chi connectivity index (χ2v) is 5.36. The van der Waals surface area contributed by atoms with Crippen LogP contribution in [0.3, 0.4) is 0 Å². The SMILES string of the molecule is CCC1(C)C(=O)CC1c1ccc(OCCOC)cc1. The van der Waals surface area contributed by atoms with E-state index in [0.717, 1.165) is 12.2 Å². The molecule has 3 heteroatoms. The molecule has 3 nitrogen and oxygen atoms in total. The number of ketones is 1. The summed E-state index contributed by atoms with van der Waals surface area (Å²) in [5, 5.41) is 0. The smallest absolute Gasteiger partial charge is 0.140 e. The molecule has 1 aromatic carbocycles. The van der Waals surface area contributed by atoms with Gasteiger partial charge in [0.1, 0.15) is 18.1 Å². The van der Waals surface area contributed by atoms with E-state index in [9.17, 15) is 4.79 Å². The third-order valence-corrected chi connectivity index (χ3v) is 4.37. The zero-order chi connectivity index (χ0) is 13.9. The van der Waals surface area contributed by atoms with Gasteiger partial charge in [-0.25, -0.2) is 0 Å². The molecule has 0 aromatic heterocycles. The highest BCUT2D eigenvalue weighted by Crippen LogP contribution is 2.51. The quantitative estimate of drug-likeness (QED) is 0.739. The van der Waals surface area contributed by atoms with Crippen LogP contribution in [0.1, 0.15) is 38.2 Å². The van der Waals surface area contributed by atoms with E-state index in [0.29, 0.717) is 31.3 Å². The van der Waals surface area contributed by atoms with Crippen LogP contribution in [-0.4, -0.2) is 26.1 Å². The van der Waals surface area contributed by atoms with Crippen molar-refractivity contribution in [3.63, 3.8) is 0 Å². The van der Waals surface area contributed by atoms with Gasteiger partial charge in [0.05, 0.1) is 6.61 Å². The maximum absolute atomic E-state index is 11.8. The average molecular weight is 262 g/mol. The van der Waals surface area contributed by atoms with Crippen LogP contribution < -0.4 is 4.74 Å². The zero-order valence-corrected chi connectivity index (χ0v) is 11.9. The van der Waals surface area contributed by atoms with Crippen molar-refractivity contribution in [3.8, 4) is 5.75 Å². The maximum Gasteiger partial charge on any atom is 0.140 e. The Labute approximate surface area is 114 Å².